The van der Waals surface area contributed by atoms with E-state index in [9.17, 15) is 0 Å². The number of guanidine groups is 1. The zero-order chi connectivity index (χ0) is 19.4. The molecular weight excluding hydrogens is 461 g/mol. The summed E-state index contributed by atoms with van der Waals surface area (Å²) in [5.74, 6) is 0.932. The molecule has 1 aliphatic rings. The fourth-order valence-electron chi connectivity index (χ4n) is 3.78. The number of nitrogens with zero attached hydrogens (tertiary/aromatic N) is 4. The minimum absolute atomic E-state index is 0. The summed E-state index contributed by atoms with van der Waals surface area (Å²) >= 11 is 0. The molecular formula is C22H34IN5. The number of nitrogens with one attached hydrogen (secondary N) is 1. The van der Waals surface area contributed by atoms with Gasteiger partial charge in [-0.1, -0.05) is 24.3 Å². The van der Waals surface area contributed by atoms with Gasteiger partial charge < -0.3 is 14.8 Å². The first-order valence-corrected chi connectivity index (χ1v) is 9.74. The van der Waals surface area contributed by atoms with E-state index in [4.69, 9.17) is 0 Å². The van der Waals surface area contributed by atoms with Crippen molar-refractivity contribution >= 4 is 29.9 Å². The molecule has 1 aromatic carbocycles. The van der Waals surface area contributed by atoms with Crippen LogP contribution in [0.4, 0.5) is 0 Å². The lowest BCUT2D eigenvalue weighted by Gasteiger charge is -2.42. The fourth-order valence-corrected chi connectivity index (χ4v) is 3.78. The van der Waals surface area contributed by atoms with Gasteiger partial charge in [-0.05, 0) is 43.5 Å². The minimum atomic E-state index is 0. The average molecular weight is 495 g/mol. The molecule has 1 N–H and O–H groups in total. The molecule has 3 rings (SSSR count). The van der Waals surface area contributed by atoms with Crippen LogP contribution in [0.15, 0.2) is 47.6 Å². The standard InChI is InChI=1S/C22H33N5.HI/c1-22(2,27-14-12-18-9-6-7-10-19(18)15-27)17-24-21(23-3)26(5)16-20-11-8-13-25(20)4;/h6-11,13H,12,14-17H2,1-5H3,(H,23,24);1H. The number of rotatable bonds is 5. The second-order valence-corrected chi connectivity index (χ2v) is 8.12. The lowest BCUT2D eigenvalue weighted by Crippen LogP contribution is -2.54. The number of hydrogen-bond donors (Lipinski definition) is 1. The molecule has 0 bridgehead atoms. The van der Waals surface area contributed by atoms with Crippen LogP contribution in [0.25, 0.3) is 0 Å². The van der Waals surface area contributed by atoms with Gasteiger partial charge in [0.25, 0.3) is 0 Å². The van der Waals surface area contributed by atoms with Gasteiger partial charge in [0.1, 0.15) is 0 Å². The van der Waals surface area contributed by atoms with E-state index < -0.39 is 0 Å². The highest BCUT2D eigenvalue weighted by molar-refractivity contribution is 14.0. The number of hydrogen-bond acceptors (Lipinski definition) is 2. The van der Waals surface area contributed by atoms with Crippen molar-refractivity contribution < 1.29 is 0 Å². The van der Waals surface area contributed by atoms with Crippen molar-refractivity contribution in [1.29, 1.82) is 0 Å². The number of aromatic nitrogens is 1. The van der Waals surface area contributed by atoms with Crippen molar-refractivity contribution in [3.8, 4) is 0 Å². The van der Waals surface area contributed by atoms with E-state index in [1.54, 1.807) is 0 Å². The summed E-state index contributed by atoms with van der Waals surface area (Å²) in [5.41, 5.74) is 4.28. The van der Waals surface area contributed by atoms with E-state index in [0.717, 1.165) is 38.6 Å². The fraction of sp³-hybridized carbons (Fsp3) is 0.500. The maximum atomic E-state index is 4.49. The van der Waals surface area contributed by atoms with E-state index in [1.807, 2.05) is 7.05 Å². The number of benzene rings is 1. The number of aliphatic imine (C=N–C) groups is 1. The zero-order valence-electron chi connectivity index (χ0n) is 17.8. The molecule has 0 fully saturated rings. The lowest BCUT2D eigenvalue weighted by atomic mass is 9.94. The molecule has 0 saturated carbocycles. The Morgan fingerprint density at radius 1 is 1.18 bits per heavy atom. The third kappa shape index (κ3) is 5.29. The van der Waals surface area contributed by atoms with Crippen LogP contribution in [0.3, 0.4) is 0 Å². The Balaban J connectivity index is 0.00000280. The van der Waals surface area contributed by atoms with Crippen LogP contribution in [0.2, 0.25) is 0 Å². The molecule has 6 heteroatoms. The van der Waals surface area contributed by atoms with Crippen molar-refractivity contribution in [3.05, 3.63) is 59.4 Å². The number of aryl methyl sites for hydroxylation is 1. The summed E-state index contributed by atoms with van der Waals surface area (Å²) in [6.07, 6.45) is 3.21. The van der Waals surface area contributed by atoms with Gasteiger partial charge in [0.05, 0.1) is 6.54 Å². The summed E-state index contributed by atoms with van der Waals surface area (Å²) in [7, 11) is 6.02. The molecule has 0 amide bonds. The van der Waals surface area contributed by atoms with Crippen molar-refractivity contribution in [1.82, 2.24) is 19.7 Å². The lowest BCUT2D eigenvalue weighted by molar-refractivity contribution is 0.106. The molecule has 0 spiro atoms. The number of halogens is 1. The Morgan fingerprint density at radius 3 is 2.54 bits per heavy atom. The molecule has 0 unspecified atom stereocenters. The van der Waals surface area contributed by atoms with Crippen LogP contribution in [0, 0.1) is 0 Å². The normalized spacial score (nSPS) is 15.0. The Hall–Kier alpha value is -1.54. The first-order chi connectivity index (χ1) is 12.9. The molecule has 2 aromatic rings. The molecule has 28 heavy (non-hydrogen) atoms. The largest absolute Gasteiger partial charge is 0.354 e. The van der Waals surface area contributed by atoms with Gasteiger partial charge in [0.2, 0.25) is 0 Å². The molecule has 5 nitrogen and oxygen atoms in total. The van der Waals surface area contributed by atoms with Crippen LogP contribution in [-0.2, 0) is 26.6 Å². The van der Waals surface area contributed by atoms with E-state index in [-0.39, 0.29) is 29.5 Å². The second kappa shape index (κ2) is 9.78. The van der Waals surface area contributed by atoms with E-state index >= 15 is 0 Å². The Bertz CT molecular complexity index is 796. The van der Waals surface area contributed by atoms with Gasteiger partial charge in [-0.3, -0.25) is 9.89 Å². The summed E-state index contributed by atoms with van der Waals surface area (Å²) < 4.78 is 2.15. The van der Waals surface area contributed by atoms with Gasteiger partial charge in [0, 0.05) is 58.2 Å². The molecule has 0 saturated heterocycles. The van der Waals surface area contributed by atoms with Crippen molar-refractivity contribution in [2.24, 2.45) is 12.0 Å². The van der Waals surface area contributed by atoms with Gasteiger partial charge in [-0.25, -0.2) is 0 Å². The zero-order valence-corrected chi connectivity index (χ0v) is 20.1. The van der Waals surface area contributed by atoms with Crippen molar-refractivity contribution in [2.45, 2.75) is 38.9 Å². The minimum Gasteiger partial charge on any atom is -0.354 e. The third-order valence-corrected chi connectivity index (χ3v) is 5.69. The maximum absolute atomic E-state index is 4.49. The topological polar surface area (TPSA) is 35.8 Å². The van der Waals surface area contributed by atoms with Gasteiger partial charge in [0.15, 0.2) is 5.96 Å². The predicted molar refractivity (Wildman–Crippen MR) is 128 cm³/mol. The van der Waals surface area contributed by atoms with E-state index in [0.29, 0.717) is 0 Å². The van der Waals surface area contributed by atoms with Crippen LogP contribution in [0.1, 0.15) is 30.7 Å². The van der Waals surface area contributed by atoms with Crippen molar-refractivity contribution in [3.63, 3.8) is 0 Å². The van der Waals surface area contributed by atoms with E-state index in [2.05, 4.69) is 95.2 Å². The predicted octanol–water partition coefficient (Wildman–Crippen LogP) is 3.49. The molecule has 0 aliphatic carbocycles. The summed E-state index contributed by atoms with van der Waals surface area (Å²) in [6.45, 7) is 8.45. The Morgan fingerprint density at radius 2 is 1.89 bits per heavy atom. The molecule has 0 radical (unpaired) electrons. The highest BCUT2D eigenvalue weighted by Gasteiger charge is 2.30. The molecule has 2 heterocycles. The van der Waals surface area contributed by atoms with Gasteiger partial charge >= 0.3 is 0 Å². The van der Waals surface area contributed by atoms with Crippen LogP contribution in [-0.4, -0.2) is 53.1 Å². The first-order valence-electron chi connectivity index (χ1n) is 9.74. The molecule has 154 valence electrons. The average Bonchev–Trinajstić information content (AvgIpc) is 3.06. The van der Waals surface area contributed by atoms with Crippen LogP contribution in [0.5, 0.6) is 0 Å². The maximum Gasteiger partial charge on any atom is 0.193 e. The summed E-state index contributed by atoms with van der Waals surface area (Å²) in [6, 6.07) is 13.0. The molecule has 1 aromatic heterocycles. The highest BCUT2D eigenvalue weighted by Crippen LogP contribution is 2.25. The first kappa shape index (κ1) is 22.7. The SMILES string of the molecule is CN=C(NCC(C)(C)N1CCc2ccccc2C1)N(C)Cc1cccn1C.I. The van der Waals surface area contributed by atoms with E-state index in [1.165, 1.54) is 16.8 Å². The third-order valence-electron chi connectivity index (χ3n) is 5.69. The number of fused-ring (bicyclic) bond motifs is 1. The van der Waals surface area contributed by atoms with Gasteiger partial charge in [-0.15, -0.1) is 24.0 Å². The highest BCUT2D eigenvalue weighted by atomic mass is 127. The van der Waals surface area contributed by atoms with Crippen LogP contribution >= 0.6 is 24.0 Å². The second-order valence-electron chi connectivity index (χ2n) is 8.12. The monoisotopic (exact) mass is 495 g/mol. The van der Waals surface area contributed by atoms with Crippen molar-refractivity contribution in [2.75, 3.05) is 27.2 Å². The summed E-state index contributed by atoms with van der Waals surface area (Å²) in [5, 5.41) is 3.59. The van der Waals surface area contributed by atoms with Gasteiger partial charge in [-0.2, -0.15) is 0 Å². The molecule has 1 aliphatic heterocycles. The smallest absolute Gasteiger partial charge is 0.193 e. The van der Waals surface area contributed by atoms with Crippen LogP contribution < -0.4 is 5.32 Å². The Kier molecular flexibility index (Phi) is 7.95. The molecule has 0 atom stereocenters. The Labute approximate surface area is 186 Å². The quantitative estimate of drug-likeness (QED) is 0.392. The summed E-state index contributed by atoms with van der Waals surface area (Å²) in [4.78, 5) is 9.24.